The smallest absolute Gasteiger partial charge is 0.424 e. The highest BCUT2D eigenvalue weighted by Gasteiger charge is 2.38. The van der Waals surface area contributed by atoms with E-state index in [1.165, 1.54) is 24.3 Å². The van der Waals surface area contributed by atoms with Crippen molar-refractivity contribution in [3.63, 3.8) is 0 Å². The van der Waals surface area contributed by atoms with Crippen molar-refractivity contribution in [3.8, 4) is 0 Å². The monoisotopic (exact) mass is 429 g/mol. The fraction of sp³-hybridized carbons (Fsp3) is 0.238. The van der Waals surface area contributed by atoms with Crippen LogP contribution < -0.4 is 10.6 Å². The van der Waals surface area contributed by atoms with E-state index in [1.54, 1.807) is 12.1 Å². The number of rotatable bonds is 7. The second-order valence-electron chi connectivity index (χ2n) is 6.71. The van der Waals surface area contributed by atoms with Gasteiger partial charge in [-0.3, -0.25) is 4.79 Å². The van der Waals surface area contributed by atoms with Gasteiger partial charge in [-0.05, 0) is 48.9 Å². The Hall–Kier alpha value is -3.17. The van der Waals surface area contributed by atoms with Gasteiger partial charge in [0.1, 0.15) is 6.61 Å². The molecule has 1 heterocycles. The summed E-state index contributed by atoms with van der Waals surface area (Å²) in [6.07, 6.45) is 0.687. The van der Waals surface area contributed by atoms with Crippen molar-refractivity contribution in [2.45, 2.75) is 24.0 Å². The fourth-order valence-electron chi connectivity index (χ4n) is 3.08. The molecule has 1 aliphatic heterocycles. The molecule has 0 bridgehead atoms. The van der Waals surface area contributed by atoms with E-state index in [1.807, 2.05) is 18.2 Å². The first kappa shape index (κ1) is 21.5. The van der Waals surface area contributed by atoms with E-state index in [9.17, 15) is 18.0 Å². The molecule has 2 amide bonds. The highest BCUT2D eigenvalue weighted by Crippen LogP contribution is 2.24. The molecule has 1 aliphatic rings. The Morgan fingerprint density at radius 1 is 1.17 bits per heavy atom. The molecule has 1 fully saturated rings. The molecule has 0 spiro atoms. The summed E-state index contributed by atoms with van der Waals surface area (Å²) in [6, 6.07) is 14.1. The normalized spacial score (nSPS) is 15.9. The Labute approximate surface area is 175 Å². The topological polar surface area (TPSA) is 105 Å². The molecular formula is C21H23N3O5S. The van der Waals surface area contributed by atoms with Gasteiger partial charge in [-0.2, -0.15) is 4.31 Å². The van der Waals surface area contributed by atoms with Gasteiger partial charge >= 0.3 is 6.09 Å². The summed E-state index contributed by atoms with van der Waals surface area (Å²) in [6.45, 7) is 4.30. The fourth-order valence-corrected chi connectivity index (χ4v) is 4.61. The van der Waals surface area contributed by atoms with Crippen molar-refractivity contribution in [3.05, 3.63) is 72.8 Å². The summed E-state index contributed by atoms with van der Waals surface area (Å²) in [5, 5.41) is 5.62. The van der Waals surface area contributed by atoms with E-state index < -0.39 is 28.1 Å². The van der Waals surface area contributed by atoms with E-state index in [0.717, 1.165) is 15.9 Å². The molecule has 1 atom stereocenters. The SMILES string of the molecule is C=CC(=O)Nc1ccc(S(=O)(=O)N(C(=O)OCc2ccccc2)C2CCNC2)cc1. The van der Waals surface area contributed by atoms with Gasteiger partial charge in [0.25, 0.3) is 10.0 Å². The number of carbonyl (C=O) groups excluding carboxylic acids is 2. The Kier molecular flexibility index (Phi) is 6.86. The van der Waals surface area contributed by atoms with Crippen molar-refractivity contribution in [2.24, 2.45) is 0 Å². The van der Waals surface area contributed by atoms with Gasteiger partial charge in [-0.1, -0.05) is 36.9 Å². The summed E-state index contributed by atoms with van der Waals surface area (Å²) in [4.78, 5) is 24.1. The standard InChI is InChI=1S/C21H23N3O5S/c1-2-20(25)23-17-8-10-19(11-9-17)30(27,28)24(18-12-13-22-14-18)21(26)29-15-16-6-4-3-5-7-16/h2-11,18,22H,1,12-15H2,(H,23,25). The molecule has 1 unspecified atom stereocenters. The molecule has 0 aromatic heterocycles. The Balaban J connectivity index is 1.82. The second-order valence-corrected chi connectivity index (χ2v) is 8.52. The Bertz CT molecular complexity index is 1000. The minimum Gasteiger partial charge on any atom is -0.444 e. The maximum absolute atomic E-state index is 13.3. The average Bonchev–Trinajstić information content (AvgIpc) is 3.27. The zero-order valence-corrected chi connectivity index (χ0v) is 17.1. The van der Waals surface area contributed by atoms with Gasteiger partial charge in [0, 0.05) is 12.2 Å². The van der Waals surface area contributed by atoms with Crippen molar-refractivity contribution >= 4 is 27.7 Å². The number of hydrogen-bond acceptors (Lipinski definition) is 6. The van der Waals surface area contributed by atoms with Crippen molar-refractivity contribution in [1.29, 1.82) is 0 Å². The van der Waals surface area contributed by atoms with Gasteiger partial charge < -0.3 is 15.4 Å². The first-order valence-corrected chi connectivity index (χ1v) is 10.8. The van der Waals surface area contributed by atoms with E-state index in [4.69, 9.17) is 4.74 Å². The first-order chi connectivity index (χ1) is 14.4. The number of benzene rings is 2. The molecule has 9 heteroatoms. The molecule has 30 heavy (non-hydrogen) atoms. The maximum Gasteiger partial charge on any atom is 0.424 e. The highest BCUT2D eigenvalue weighted by molar-refractivity contribution is 7.89. The van der Waals surface area contributed by atoms with Crippen molar-refractivity contribution < 1.29 is 22.7 Å². The zero-order chi connectivity index (χ0) is 21.6. The molecule has 1 saturated heterocycles. The van der Waals surface area contributed by atoms with Crippen LogP contribution in [0.2, 0.25) is 0 Å². The zero-order valence-electron chi connectivity index (χ0n) is 16.3. The predicted octanol–water partition coefficient (Wildman–Crippen LogP) is 2.50. The van der Waals surface area contributed by atoms with Crippen LogP contribution in [-0.4, -0.2) is 43.9 Å². The number of hydrogen-bond donors (Lipinski definition) is 2. The number of sulfonamides is 1. The lowest BCUT2D eigenvalue weighted by Crippen LogP contribution is -2.45. The summed E-state index contributed by atoms with van der Waals surface area (Å²) in [5.41, 5.74) is 1.18. The minimum atomic E-state index is -4.15. The van der Waals surface area contributed by atoms with Gasteiger partial charge in [0.05, 0.1) is 10.9 Å². The van der Waals surface area contributed by atoms with Gasteiger partial charge in [-0.15, -0.1) is 0 Å². The molecular weight excluding hydrogens is 406 g/mol. The molecule has 0 radical (unpaired) electrons. The van der Waals surface area contributed by atoms with Crippen LogP contribution in [0, 0.1) is 0 Å². The predicted molar refractivity (Wildman–Crippen MR) is 112 cm³/mol. The lowest BCUT2D eigenvalue weighted by Gasteiger charge is -2.27. The van der Waals surface area contributed by atoms with E-state index in [-0.39, 0.29) is 11.5 Å². The van der Waals surface area contributed by atoms with E-state index in [2.05, 4.69) is 17.2 Å². The number of carbonyl (C=O) groups is 2. The summed E-state index contributed by atoms with van der Waals surface area (Å²) in [5.74, 6) is -0.409. The van der Waals surface area contributed by atoms with Crippen molar-refractivity contribution in [2.75, 3.05) is 18.4 Å². The van der Waals surface area contributed by atoms with Crippen molar-refractivity contribution in [1.82, 2.24) is 9.62 Å². The lowest BCUT2D eigenvalue weighted by molar-refractivity contribution is -0.111. The van der Waals surface area contributed by atoms with Gasteiger partial charge in [0.15, 0.2) is 0 Å². The molecule has 0 aliphatic carbocycles. The highest BCUT2D eigenvalue weighted by atomic mass is 32.2. The molecule has 2 N–H and O–H groups in total. The summed E-state index contributed by atoms with van der Waals surface area (Å²) < 4.78 is 32.6. The third kappa shape index (κ3) is 5.05. The number of anilines is 1. The van der Waals surface area contributed by atoms with Crippen LogP contribution >= 0.6 is 0 Å². The Morgan fingerprint density at radius 2 is 1.87 bits per heavy atom. The largest absolute Gasteiger partial charge is 0.444 e. The first-order valence-electron chi connectivity index (χ1n) is 9.41. The number of nitrogens with one attached hydrogen (secondary N) is 2. The number of amides is 2. The van der Waals surface area contributed by atoms with Crippen LogP contribution in [0.4, 0.5) is 10.5 Å². The molecule has 0 saturated carbocycles. The van der Waals surface area contributed by atoms with Crippen LogP contribution in [0.15, 0.2) is 72.1 Å². The van der Waals surface area contributed by atoms with Crippen LogP contribution in [-0.2, 0) is 26.2 Å². The maximum atomic E-state index is 13.3. The van der Waals surface area contributed by atoms with Crippen LogP contribution in [0.25, 0.3) is 0 Å². The molecule has 158 valence electrons. The molecule has 2 aromatic carbocycles. The molecule has 3 rings (SSSR count). The van der Waals surface area contributed by atoms with E-state index in [0.29, 0.717) is 25.2 Å². The van der Waals surface area contributed by atoms with Gasteiger partial charge in [0.2, 0.25) is 5.91 Å². The molecule has 8 nitrogen and oxygen atoms in total. The van der Waals surface area contributed by atoms with Gasteiger partial charge in [-0.25, -0.2) is 13.2 Å². The number of ether oxygens (including phenoxy) is 1. The molecule has 2 aromatic rings. The minimum absolute atomic E-state index is 0.0294. The quantitative estimate of drug-likeness (QED) is 0.656. The summed E-state index contributed by atoms with van der Waals surface area (Å²) in [7, 11) is -4.15. The Morgan fingerprint density at radius 3 is 2.47 bits per heavy atom. The third-order valence-electron chi connectivity index (χ3n) is 4.62. The van der Waals surface area contributed by atoms with E-state index >= 15 is 0 Å². The third-order valence-corrected chi connectivity index (χ3v) is 6.45. The second kappa shape index (κ2) is 9.55. The average molecular weight is 429 g/mol. The number of nitrogens with zero attached hydrogens (tertiary/aromatic N) is 1. The van der Waals surface area contributed by atoms with Crippen LogP contribution in [0.1, 0.15) is 12.0 Å². The van der Waals surface area contributed by atoms with Crippen LogP contribution in [0.3, 0.4) is 0 Å². The summed E-state index contributed by atoms with van der Waals surface area (Å²) >= 11 is 0. The van der Waals surface area contributed by atoms with Crippen LogP contribution in [0.5, 0.6) is 0 Å². The lowest BCUT2D eigenvalue weighted by atomic mass is 10.2.